The van der Waals surface area contributed by atoms with Gasteiger partial charge in [-0.2, -0.15) is 5.26 Å². The number of nitriles is 1. The summed E-state index contributed by atoms with van der Waals surface area (Å²) < 4.78 is 2.53. The predicted molar refractivity (Wildman–Crippen MR) is 104 cm³/mol. The summed E-state index contributed by atoms with van der Waals surface area (Å²) in [5, 5.41) is 12.0. The Morgan fingerprint density at radius 3 is 2.82 bits per heavy atom. The van der Waals surface area contributed by atoms with Crippen LogP contribution in [0.2, 0.25) is 0 Å². The highest BCUT2D eigenvalue weighted by atomic mass is 16.2. The summed E-state index contributed by atoms with van der Waals surface area (Å²) in [6.07, 6.45) is 1.55. The average Bonchev–Trinajstić information content (AvgIpc) is 2.68. The lowest BCUT2D eigenvalue weighted by Gasteiger charge is -2.35. The van der Waals surface area contributed by atoms with Crippen molar-refractivity contribution in [2.24, 2.45) is 12.8 Å². The summed E-state index contributed by atoms with van der Waals surface area (Å²) in [6.45, 7) is 1.25. The topological polar surface area (TPSA) is 126 Å². The molecule has 146 valence electrons. The summed E-state index contributed by atoms with van der Waals surface area (Å²) in [5.74, 6) is 0.469. The Labute approximate surface area is 161 Å². The van der Waals surface area contributed by atoms with Gasteiger partial charge in [0.15, 0.2) is 0 Å². The smallest absolute Gasteiger partial charge is 0.332 e. The Balaban J connectivity index is 2.04. The average molecular weight is 382 g/mol. The first-order valence-corrected chi connectivity index (χ1v) is 9.00. The maximum atomic E-state index is 12.8. The minimum Gasteiger partial charge on any atom is -0.356 e. The van der Waals surface area contributed by atoms with E-state index in [2.05, 4.69) is 11.4 Å². The lowest BCUT2D eigenvalue weighted by Crippen LogP contribution is -2.51. The van der Waals surface area contributed by atoms with Crippen LogP contribution in [0.3, 0.4) is 0 Å². The molecule has 3 N–H and O–H groups in total. The van der Waals surface area contributed by atoms with E-state index in [4.69, 9.17) is 5.73 Å². The number of carbonyl (C=O) groups excluding carboxylic acids is 1. The number of piperidine rings is 1. The standard InChI is InChI=1S/C19H22N6O3/c1-23-17(26)9-16(24-8-4-7-15(12-24)22-18(21)27)25(19(23)28)11-14-6-3-2-5-13(14)10-20/h2-3,5-6,9,15H,4,7-8,11-12H2,1H3,(H3,21,22,27)/t15-/m1/s1. The Kier molecular flexibility index (Phi) is 5.49. The van der Waals surface area contributed by atoms with Gasteiger partial charge in [-0.05, 0) is 24.5 Å². The number of amides is 2. The maximum absolute atomic E-state index is 12.8. The Morgan fingerprint density at radius 1 is 1.36 bits per heavy atom. The Bertz CT molecular complexity index is 1050. The first-order chi connectivity index (χ1) is 13.4. The maximum Gasteiger partial charge on any atom is 0.332 e. The van der Waals surface area contributed by atoms with Crippen molar-refractivity contribution in [2.45, 2.75) is 25.4 Å². The van der Waals surface area contributed by atoms with Gasteiger partial charge < -0.3 is 16.0 Å². The fourth-order valence-corrected chi connectivity index (χ4v) is 3.51. The number of anilines is 1. The highest BCUT2D eigenvalue weighted by molar-refractivity contribution is 5.72. The van der Waals surface area contributed by atoms with Gasteiger partial charge in [0.1, 0.15) is 5.82 Å². The molecule has 0 spiro atoms. The van der Waals surface area contributed by atoms with Crippen molar-refractivity contribution in [1.82, 2.24) is 14.5 Å². The lowest BCUT2D eigenvalue weighted by atomic mass is 10.1. The van der Waals surface area contributed by atoms with Crippen LogP contribution in [-0.2, 0) is 13.6 Å². The monoisotopic (exact) mass is 382 g/mol. The molecule has 2 aromatic rings. The van der Waals surface area contributed by atoms with Gasteiger partial charge >= 0.3 is 11.7 Å². The summed E-state index contributed by atoms with van der Waals surface area (Å²) >= 11 is 0. The van der Waals surface area contributed by atoms with Gasteiger partial charge in [-0.15, -0.1) is 0 Å². The zero-order valence-electron chi connectivity index (χ0n) is 15.6. The third-order valence-electron chi connectivity index (χ3n) is 4.94. The number of primary amides is 1. The molecule has 1 aliphatic heterocycles. The molecule has 1 aliphatic rings. The van der Waals surface area contributed by atoms with E-state index < -0.39 is 17.3 Å². The van der Waals surface area contributed by atoms with Gasteiger partial charge in [0.25, 0.3) is 5.56 Å². The van der Waals surface area contributed by atoms with Crippen LogP contribution in [0.1, 0.15) is 24.0 Å². The molecule has 3 rings (SSSR count). The number of benzene rings is 1. The third kappa shape index (κ3) is 3.91. The second-order valence-corrected chi connectivity index (χ2v) is 6.83. The molecule has 1 atom stereocenters. The number of nitrogens with two attached hydrogens (primary N) is 1. The number of nitrogens with one attached hydrogen (secondary N) is 1. The van der Waals surface area contributed by atoms with Crippen LogP contribution in [0, 0.1) is 11.3 Å². The second kappa shape index (κ2) is 8.00. The van der Waals surface area contributed by atoms with Gasteiger partial charge in [0, 0.05) is 32.2 Å². The molecule has 28 heavy (non-hydrogen) atoms. The minimum absolute atomic E-state index is 0.162. The number of hydrogen-bond donors (Lipinski definition) is 2. The summed E-state index contributed by atoms with van der Waals surface area (Å²) in [6, 6.07) is 9.83. The number of hydrogen-bond acceptors (Lipinski definition) is 5. The number of rotatable bonds is 4. The van der Waals surface area contributed by atoms with Crippen molar-refractivity contribution in [2.75, 3.05) is 18.0 Å². The molecule has 1 saturated heterocycles. The summed E-state index contributed by atoms with van der Waals surface area (Å²) in [4.78, 5) is 38.2. The van der Waals surface area contributed by atoms with E-state index in [-0.39, 0.29) is 12.6 Å². The summed E-state index contributed by atoms with van der Waals surface area (Å²) in [7, 11) is 1.43. The second-order valence-electron chi connectivity index (χ2n) is 6.83. The number of nitrogens with zero attached hydrogens (tertiary/aromatic N) is 4. The van der Waals surface area contributed by atoms with Crippen molar-refractivity contribution in [3.05, 3.63) is 62.3 Å². The molecule has 0 aliphatic carbocycles. The molecular formula is C19H22N6O3. The van der Waals surface area contributed by atoms with Crippen molar-refractivity contribution in [1.29, 1.82) is 5.26 Å². The molecule has 0 saturated carbocycles. The zero-order valence-corrected chi connectivity index (χ0v) is 15.6. The molecule has 9 heteroatoms. The minimum atomic E-state index is -0.601. The first kappa shape index (κ1) is 19.2. The zero-order chi connectivity index (χ0) is 20.3. The number of carbonyl (C=O) groups is 1. The van der Waals surface area contributed by atoms with Crippen LogP contribution in [0.15, 0.2) is 39.9 Å². The van der Waals surface area contributed by atoms with Gasteiger partial charge in [-0.1, -0.05) is 18.2 Å². The largest absolute Gasteiger partial charge is 0.356 e. The fourth-order valence-electron chi connectivity index (χ4n) is 3.51. The highest BCUT2D eigenvalue weighted by Crippen LogP contribution is 2.19. The Hall–Kier alpha value is -3.54. The number of aromatic nitrogens is 2. The fraction of sp³-hybridized carbons (Fsp3) is 0.368. The van der Waals surface area contributed by atoms with Gasteiger partial charge in [-0.3, -0.25) is 13.9 Å². The Morgan fingerprint density at radius 2 is 2.11 bits per heavy atom. The molecule has 1 fully saturated rings. The molecule has 1 aromatic carbocycles. The SMILES string of the molecule is Cn1c(=O)cc(N2CCC[C@@H](NC(N)=O)C2)n(Cc2ccccc2C#N)c1=O. The van der Waals surface area contributed by atoms with Crippen molar-refractivity contribution in [3.8, 4) is 6.07 Å². The molecule has 9 nitrogen and oxygen atoms in total. The van der Waals surface area contributed by atoms with Crippen LogP contribution in [0.4, 0.5) is 10.6 Å². The summed E-state index contributed by atoms with van der Waals surface area (Å²) in [5.41, 5.74) is 5.53. The highest BCUT2D eigenvalue weighted by Gasteiger charge is 2.24. The molecule has 2 heterocycles. The molecule has 1 aromatic heterocycles. The van der Waals surface area contributed by atoms with Crippen molar-refractivity contribution in [3.63, 3.8) is 0 Å². The van der Waals surface area contributed by atoms with E-state index in [0.29, 0.717) is 30.0 Å². The van der Waals surface area contributed by atoms with Crippen molar-refractivity contribution < 1.29 is 4.79 Å². The molecule has 0 unspecified atom stereocenters. The van der Waals surface area contributed by atoms with Crippen molar-refractivity contribution >= 4 is 11.8 Å². The van der Waals surface area contributed by atoms with E-state index in [0.717, 1.165) is 17.4 Å². The quantitative estimate of drug-likeness (QED) is 0.776. The van der Waals surface area contributed by atoms with E-state index in [1.54, 1.807) is 24.3 Å². The van der Waals surface area contributed by atoms with Crippen LogP contribution in [-0.4, -0.2) is 34.3 Å². The third-order valence-corrected chi connectivity index (χ3v) is 4.94. The van der Waals surface area contributed by atoms with Crippen LogP contribution in [0.5, 0.6) is 0 Å². The molecular weight excluding hydrogens is 360 g/mol. The van der Waals surface area contributed by atoms with Crippen LogP contribution < -0.4 is 27.2 Å². The molecule has 2 amide bonds. The van der Waals surface area contributed by atoms with Gasteiger partial charge in [-0.25, -0.2) is 9.59 Å². The van der Waals surface area contributed by atoms with E-state index in [1.807, 2.05) is 4.90 Å². The first-order valence-electron chi connectivity index (χ1n) is 9.00. The van der Waals surface area contributed by atoms with E-state index >= 15 is 0 Å². The lowest BCUT2D eigenvalue weighted by molar-refractivity contribution is 0.243. The normalized spacial score (nSPS) is 16.4. The molecule has 0 radical (unpaired) electrons. The van der Waals surface area contributed by atoms with E-state index in [9.17, 15) is 19.6 Å². The predicted octanol–water partition coefficient (Wildman–Crippen LogP) is 0.104. The molecule has 0 bridgehead atoms. The van der Waals surface area contributed by atoms with Crippen LogP contribution in [0.25, 0.3) is 0 Å². The number of urea groups is 1. The van der Waals surface area contributed by atoms with Crippen LogP contribution >= 0.6 is 0 Å². The van der Waals surface area contributed by atoms with Gasteiger partial charge in [0.2, 0.25) is 0 Å². The van der Waals surface area contributed by atoms with E-state index in [1.165, 1.54) is 17.7 Å². The van der Waals surface area contributed by atoms with Gasteiger partial charge in [0.05, 0.1) is 18.2 Å².